The summed E-state index contributed by atoms with van der Waals surface area (Å²) < 4.78 is 3.01. The first kappa shape index (κ1) is 47.5. The summed E-state index contributed by atoms with van der Waals surface area (Å²) in [6.45, 7) is 4.50. The quantitative estimate of drug-likeness (QED) is 0.0460. The topological polar surface area (TPSA) is 87.0 Å². The Morgan fingerprint density at radius 3 is 1.27 bits per heavy atom. The van der Waals surface area contributed by atoms with Gasteiger partial charge in [-0.15, -0.1) is 0 Å². The van der Waals surface area contributed by atoms with Gasteiger partial charge in [0.25, 0.3) is 0 Å². The number of nitrogens with zero attached hydrogens (tertiary/aromatic N) is 1. The van der Waals surface area contributed by atoms with Gasteiger partial charge in [-0.2, -0.15) is 0 Å². The standard InChI is InChI=1S/C41H55NO4S2.6CH3.2Sn/c1-3-5-7-9-11-13-15-17-19-21-23-30-34(40(43)44)29-35(42-37-32-25-27-47-38(32)39-33(37)26-28-48-39)31(36(30)41(45)46)24-22-20-18-16-14-12-10-8-6-4-2;;;;;;;;/h25-26,29H,3-24H2,1-2H3,(H,43,44)(H,45,46);6*1H3;;. The summed E-state index contributed by atoms with van der Waals surface area (Å²) in [5, 5.41) is 21.6. The normalized spacial score (nSPS) is 12.7. The van der Waals surface area contributed by atoms with Crippen molar-refractivity contribution in [3.8, 4) is 9.75 Å². The molecule has 2 aromatic heterocycles. The number of carbonyl (C=O) groups is 2. The molecule has 2 N–H and O–H groups in total. The Balaban J connectivity index is 1.70. The summed E-state index contributed by atoms with van der Waals surface area (Å²) >= 11 is -0.972. The number of carboxylic acids is 2. The summed E-state index contributed by atoms with van der Waals surface area (Å²) in [5.41, 5.74) is 5.27. The molecule has 3 aromatic rings. The zero-order valence-corrected chi connectivity index (χ0v) is 43.6. The van der Waals surface area contributed by atoms with Gasteiger partial charge in [-0.25, -0.2) is 0 Å². The van der Waals surface area contributed by atoms with E-state index in [2.05, 4.69) is 55.6 Å². The van der Waals surface area contributed by atoms with Crippen molar-refractivity contribution in [1.82, 2.24) is 0 Å². The molecule has 0 atom stereocenters. The fraction of sp³-hybridized carbons (Fsp3) is 0.638. The first-order chi connectivity index (χ1) is 26.7. The Bertz CT molecular complexity index is 1710. The van der Waals surface area contributed by atoms with E-state index in [9.17, 15) is 19.8 Å². The van der Waals surface area contributed by atoms with Crippen molar-refractivity contribution >= 4 is 88.6 Å². The molecule has 0 bridgehead atoms. The molecule has 2 heterocycles. The van der Waals surface area contributed by atoms with Gasteiger partial charge < -0.3 is 0 Å². The molecule has 0 aliphatic heterocycles. The van der Waals surface area contributed by atoms with Gasteiger partial charge in [0.1, 0.15) is 0 Å². The molecule has 0 saturated carbocycles. The van der Waals surface area contributed by atoms with Gasteiger partial charge in [0.15, 0.2) is 0 Å². The average Bonchev–Trinajstić information content (AvgIpc) is 3.83. The first-order valence-corrected chi connectivity index (χ1v) is 43.8. The monoisotopic (exact) mass is 1020 g/mol. The van der Waals surface area contributed by atoms with Crippen LogP contribution in [0.2, 0.25) is 29.6 Å². The zero-order valence-electron chi connectivity index (χ0n) is 36.3. The van der Waals surface area contributed by atoms with Gasteiger partial charge in [0.05, 0.1) is 0 Å². The van der Waals surface area contributed by atoms with E-state index >= 15 is 0 Å². The number of hydrogen-bond donors (Lipinski definition) is 2. The molecule has 0 radical (unpaired) electrons. The molecule has 9 heteroatoms. The van der Waals surface area contributed by atoms with E-state index in [1.165, 1.54) is 105 Å². The summed E-state index contributed by atoms with van der Waals surface area (Å²) in [7, 11) is 0. The third-order valence-corrected chi connectivity index (χ3v) is 32.7. The van der Waals surface area contributed by atoms with Crippen molar-refractivity contribution in [2.45, 2.75) is 185 Å². The predicted molar refractivity (Wildman–Crippen MR) is 250 cm³/mol. The zero-order chi connectivity index (χ0) is 40.9. The summed E-state index contributed by atoms with van der Waals surface area (Å²) in [6, 6.07) is 6.49. The fourth-order valence-corrected chi connectivity index (χ4v) is 20.9. The molecule has 56 heavy (non-hydrogen) atoms. The minimum atomic E-state index is -2.43. The molecule has 0 unspecified atom stereocenters. The second-order valence-corrected chi connectivity index (χ2v) is 51.4. The van der Waals surface area contributed by atoms with Crippen LogP contribution in [0.25, 0.3) is 9.75 Å². The van der Waals surface area contributed by atoms with Gasteiger partial charge in [-0.1, -0.05) is 104 Å². The minimum absolute atomic E-state index is 0.108. The Hall–Kier alpha value is -1.17. The number of benzene rings is 1. The molecule has 5 nitrogen and oxygen atoms in total. The van der Waals surface area contributed by atoms with Crippen molar-refractivity contribution in [2.75, 3.05) is 0 Å². The number of unbranched alkanes of at least 4 members (excludes halogenated alkanes) is 18. The third-order valence-electron chi connectivity index (χ3n) is 11.4. The van der Waals surface area contributed by atoms with Crippen molar-refractivity contribution in [2.24, 2.45) is 4.99 Å². The number of aliphatic imine (C=N–C) groups is 1. The van der Waals surface area contributed by atoms with Gasteiger partial charge >= 0.3 is 256 Å². The fourth-order valence-electron chi connectivity index (χ4n) is 7.99. The van der Waals surface area contributed by atoms with Crippen LogP contribution in [0.4, 0.5) is 5.69 Å². The van der Waals surface area contributed by atoms with E-state index in [1.807, 2.05) is 22.7 Å². The molecule has 0 amide bonds. The maximum absolute atomic E-state index is 13.4. The molecule has 4 rings (SSSR count). The predicted octanol–water partition coefficient (Wildman–Crippen LogP) is 14.4. The second kappa shape index (κ2) is 23.0. The second-order valence-electron chi connectivity index (χ2n) is 18.4. The van der Waals surface area contributed by atoms with E-state index in [-0.39, 0.29) is 11.1 Å². The molecule has 310 valence electrons. The SMILES string of the molecule is CCCCCCCCCCCCc1c(N=C2c3c[c]([Sn]([CH3])([CH3])[CH3])sc3-c3s[c]([Sn]([CH3])([CH3])[CH3])cc32)cc(C(=O)O)c(CCCCCCCCCCCC)c1C(=O)O. The van der Waals surface area contributed by atoms with Crippen LogP contribution in [0.1, 0.15) is 185 Å². The van der Waals surface area contributed by atoms with E-state index in [0.717, 1.165) is 60.9 Å². The molecular formula is C47H73NO4S2Sn2. The van der Waals surface area contributed by atoms with Gasteiger partial charge in [-0.3, -0.25) is 0 Å². The molecule has 0 spiro atoms. The van der Waals surface area contributed by atoms with Crippen LogP contribution in [0, 0.1) is 0 Å². The van der Waals surface area contributed by atoms with Crippen LogP contribution in [-0.4, -0.2) is 64.6 Å². The Morgan fingerprint density at radius 2 is 0.911 bits per heavy atom. The van der Waals surface area contributed by atoms with Gasteiger partial charge in [0.2, 0.25) is 0 Å². The summed E-state index contributed by atoms with van der Waals surface area (Å²) in [5.74, 6) is -2.08. The number of carboxylic acid groups (broad SMARTS) is 2. The Kier molecular flexibility index (Phi) is 19.5. The Morgan fingerprint density at radius 1 is 0.536 bits per heavy atom. The number of hydrogen-bond acceptors (Lipinski definition) is 5. The number of thiophene rings is 2. The van der Waals surface area contributed by atoms with E-state index in [0.29, 0.717) is 24.1 Å². The third kappa shape index (κ3) is 13.4. The van der Waals surface area contributed by atoms with Crippen LogP contribution in [-0.2, 0) is 12.8 Å². The van der Waals surface area contributed by atoms with E-state index in [1.54, 1.807) is 6.07 Å². The average molecular weight is 1020 g/mol. The first-order valence-electron chi connectivity index (χ1n) is 22.2. The van der Waals surface area contributed by atoms with Gasteiger partial charge in [0, 0.05) is 0 Å². The molecule has 1 aliphatic rings. The van der Waals surface area contributed by atoms with Crippen molar-refractivity contribution in [1.29, 1.82) is 0 Å². The van der Waals surface area contributed by atoms with Crippen LogP contribution in [0.15, 0.2) is 23.2 Å². The maximum atomic E-state index is 13.4. The molecule has 0 saturated heterocycles. The van der Waals surface area contributed by atoms with Gasteiger partial charge in [-0.05, 0) is 0 Å². The number of aromatic carboxylic acids is 2. The molecule has 1 aliphatic carbocycles. The molecule has 0 fully saturated rings. The summed E-state index contributed by atoms with van der Waals surface area (Å²) in [6.07, 6.45) is 24.9. The number of fused-ring (bicyclic) bond motifs is 3. The molecule has 1 aromatic carbocycles. The van der Waals surface area contributed by atoms with Crippen LogP contribution in [0.5, 0.6) is 0 Å². The van der Waals surface area contributed by atoms with Crippen LogP contribution in [0.3, 0.4) is 0 Å². The van der Waals surface area contributed by atoms with Crippen LogP contribution < -0.4 is 5.79 Å². The Labute approximate surface area is 356 Å². The molecular weight excluding hydrogens is 944 g/mol. The van der Waals surface area contributed by atoms with Crippen molar-refractivity contribution in [3.63, 3.8) is 0 Å². The summed E-state index contributed by atoms with van der Waals surface area (Å²) in [4.78, 5) is 49.2. The van der Waals surface area contributed by atoms with E-state index < -0.39 is 48.7 Å². The van der Waals surface area contributed by atoms with Crippen molar-refractivity contribution in [3.05, 3.63) is 51.6 Å². The van der Waals surface area contributed by atoms with E-state index in [4.69, 9.17) is 4.99 Å². The number of rotatable bonds is 27. The van der Waals surface area contributed by atoms with Crippen LogP contribution >= 0.6 is 22.7 Å². The van der Waals surface area contributed by atoms with Crippen molar-refractivity contribution < 1.29 is 19.8 Å².